The zero-order chi connectivity index (χ0) is 13.8. The van der Waals surface area contributed by atoms with Crippen LogP contribution in [0.5, 0.6) is 0 Å². The van der Waals surface area contributed by atoms with E-state index in [0.717, 1.165) is 25.9 Å². The van der Waals surface area contributed by atoms with Gasteiger partial charge in [0.25, 0.3) is 0 Å². The minimum atomic E-state index is -0.446. The van der Waals surface area contributed by atoms with Crippen LogP contribution in [0, 0.1) is 5.82 Å². The van der Waals surface area contributed by atoms with Gasteiger partial charge in [-0.1, -0.05) is 15.9 Å². The maximum absolute atomic E-state index is 13.6. The van der Waals surface area contributed by atoms with Gasteiger partial charge in [-0.3, -0.25) is 9.69 Å². The number of halogens is 2. The molecule has 0 radical (unpaired) electrons. The maximum Gasteiger partial charge on any atom is 0.238 e. The van der Waals surface area contributed by atoms with Crippen molar-refractivity contribution in [2.45, 2.75) is 18.9 Å². The number of hydrogen-bond acceptors (Lipinski definition) is 3. The molecule has 1 saturated heterocycles. The Morgan fingerprint density at radius 2 is 2.37 bits per heavy atom. The van der Waals surface area contributed by atoms with Crippen LogP contribution in [0.3, 0.4) is 0 Å². The van der Waals surface area contributed by atoms with Gasteiger partial charge in [-0.25, -0.2) is 4.39 Å². The molecular formula is C13H17BrFN3O. The van der Waals surface area contributed by atoms with Crippen molar-refractivity contribution < 1.29 is 9.18 Å². The van der Waals surface area contributed by atoms with Gasteiger partial charge in [0.15, 0.2) is 0 Å². The average Bonchev–Trinajstić information content (AvgIpc) is 2.33. The van der Waals surface area contributed by atoms with Crippen molar-refractivity contribution in [3.05, 3.63) is 28.5 Å². The molecule has 1 fully saturated rings. The first-order valence-electron chi connectivity index (χ1n) is 6.27. The van der Waals surface area contributed by atoms with E-state index in [-0.39, 0.29) is 24.2 Å². The van der Waals surface area contributed by atoms with Crippen molar-refractivity contribution in [2.75, 3.05) is 25.0 Å². The van der Waals surface area contributed by atoms with Gasteiger partial charge in [0, 0.05) is 17.1 Å². The van der Waals surface area contributed by atoms with Crippen LogP contribution in [-0.2, 0) is 4.79 Å². The van der Waals surface area contributed by atoms with Crippen LogP contribution in [0.4, 0.5) is 10.1 Å². The molecule has 19 heavy (non-hydrogen) atoms. The van der Waals surface area contributed by atoms with Crippen molar-refractivity contribution in [1.29, 1.82) is 0 Å². The summed E-state index contributed by atoms with van der Waals surface area (Å²) in [5, 5.41) is 2.58. The molecule has 0 aromatic heterocycles. The summed E-state index contributed by atoms with van der Waals surface area (Å²) < 4.78 is 14.2. The smallest absolute Gasteiger partial charge is 0.238 e. The molecule has 0 bridgehead atoms. The Balaban J connectivity index is 1.90. The Morgan fingerprint density at radius 1 is 1.58 bits per heavy atom. The summed E-state index contributed by atoms with van der Waals surface area (Å²) in [6, 6.07) is 4.69. The largest absolute Gasteiger partial charge is 0.327 e. The zero-order valence-electron chi connectivity index (χ0n) is 10.5. The van der Waals surface area contributed by atoms with Crippen LogP contribution in [0.1, 0.15) is 12.8 Å². The van der Waals surface area contributed by atoms with E-state index in [4.69, 9.17) is 5.73 Å². The van der Waals surface area contributed by atoms with E-state index in [2.05, 4.69) is 21.2 Å². The van der Waals surface area contributed by atoms with Gasteiger partial charge in [-0.2, -0.15) is 0 Å². The molecule has 0 saturated carbocycles. The van der Waals surface area contributed by atoms with Crippen LogP contribution in [-0.4, -0.2) is 36.5 Å². The highest BCUT2D eigenvalue weighted by Crippen LogP contribution is 2.19. The average molecular weight is 330 g/mol. The highest BCUT2D eigenvalue weighted by Gasteiger charge is 2.19. The number of piperidine rings is 1. The van der Waals surface area contributed by atoms with Crippen LogP contribution in [0.15, 0.2) is 22.7 Å². The number of carbonyl (C=O) groups excluding carboxylic acids is 1. The number of carbonyl (C=O) groups is 1. The molecule has 0 aliphatic carbocycles. The number of anilines is 1. The lowest BCUT2D eigenvalue weighted by Crippen LogP contribution is -2.45. The SMILES string of the molecule is N[C@@H]1CCCN(CC(=O)Nc2ccc(Br)cc2F)C1. The predicted octanol–water partition coefficient (Wildman–Crippen LogP) is 1.95. The number of hydrogen-bond donors (Lipinski definition) is 2. The van der Waals surface area contributed by atoms with E-state index in [1.165, 1.54) is 6.07 Å². The van der Waals surface area contributed by atoms with Gasteiger partial charge < -0.3 is 11.1 Å². The molecule has 1 aliphatic heterocycles. The van der Waals surface area contributed by atoms with Gasteiger partial charge in [-0.05, 0) is 37.6 Å². The number of nitrogens with zero attached hydrogens (tertiary/aromatic N) is 1. The lowest BCUT2D eigenvalue weighted by atomic mass is 10.1. The molecule has 1 heterocycles. The predicted molar refractivity (Wildman–Crippen MR) is 76.4 cm³/mol. The fourth-order valence-electron chi connectivity index (χ4n) is 2.22. The van der Waals surface area contributed by atoms with Crippen molar-refractivity contribution in [3.63, 3.8) is 0 Å². The fourth-order valence-corrected chi connectivity index (χ4v) is 2.55. The third kappa shape index (κ3) is 4.26. The standard InChI is InChI=1S/C13H17BrFN3O/c14-9-3-4-12(11(15)6-9)17-13(19)8-18-5-1-2-10(16)7-18/h3-4,6,10H,1-2,5,7-8,16H2,(H,17,19)/t10-/m1/s1. The third-order valence-electron chi connectivity index (χ3n) is 3.11. The Hall–Kier alpha value is -0.980. The van der Waals surface area contributed by atoms with Crippen molar-refractivity contribution >= 4 is 27.5 Å². The van der Waals surface area contributed by atoms with Gasteiger partial charge in [0.2, 0.25) is 5.91 Å². The van der Waals surface area contributed by atoms with Crippen molar-refractivity contribution in [3.8, 4) is 0 Å². The maximum atomic E-state index is 13.6. The molecule has 1 amide bonds. The van der Waals surface area contributed by atoms with Gasteiger partial charge in [0.05, 0.1) is 12.2 Å². The van der Waals surface area contributed by atoms with E-state index >= 15 is 0 Å². The second-order valence-corrected chi connectivity index (χ2v) is 5.73. The molecule has 2 rings (SSSR count). The number of nitrogens with two attached hydrogens (primary N) is 1. The lowest BCUT2D eigenvalue weighted by Gasteiger charge is -2.29. The van der Waals surface area contributed by atoms with Crippen molar-refractivity contribution in [2.24, 2.45) is 5.73 Å². The number of rotatable bonds is 3. The molecule has 1 atom stereocenters. The third-order valence-corrected chi connectivity index (χ3v) is 3.61. The highest BCUT2D eigenvalue weighted by atomic mass is 79.9. The van der Waals surface area contributed by atoms with Crippen LogP contribution >= 0.6 is 15.9 Å². The first-order chi connectivity index (χ1) is 9.04. The van der Waals surface area contributed by atoms with Crippen LogP contribution in [0.25, 0.3) is 0 Å². The number of nitrogens with one attached hydrogen (secondary N) is 1. The lowest BCUT2D eigenvalue weighted by molar-refractivity contribution is -0.117. The second kappa shape index (κ2) is 6.45. The molecule has 1 aromatic carbocycles. The summed E-state index contributed by atoms with van der Waals surface area (Å²) in [6.45, 7) is 1.84. The van der Waals surface area contributed by atoms with Gasteiger partial charge in [-0.15, -0.1) is 0 Å². The molecule has 1 aliphatic rings. The molecule has 104 valence electrons. The molecule has 4 nitrogen and oxygen atoms in total. The summed E-state index contributed by atoms with van der Waals surface area (Å²) in [5.74, 6) is -0.659. The summed E-state index contributed by atoms with van der Waals surface area (Å²) >= 11 is 3.17. The topological polar surface area (TPSA) is 58.4 Å². The monoisotopic (exact) mass is 329 g/mol. The summed E-state index contributed by atoms with van der Waals surface area (Å²) in [6.07, 6.45) is 2.00. The van der Waals surface area contributed by atoms with Crippen molar-refractivity contribution in [1.82, 2.24) is 4.90 Å². The molecule has 0 spiro atoms. The Kier molecular flexibility index (Phi) is 4.90. The molecular weight excluding hydrogens is 313 g/mol. The molecule has 1 aromatic rings. The molecule has 0 unspecified atom stereocenters. The van der Waals surface area contributed by atoms with E-state index in [1.54, 1.807) is 12.1 Å². The number of likely N-dealkylation sites (tertiary alicyclic amines) is 1. The minimum Gasteiger partial charge on any atom is -0.327 e. The first kappa shape index (κ1) is 14.4. The van der Waals surface area contributed by atoms with Crippen LogP contribution in [0.2, 0.25) is 0 Å². The van der Waals surface area contributed by atoms with E-state index in [9.17, 15) is 9.18 Å². The second-order valence-electron chi connectivity index (χ2n) is 4.81. The summed E-state index contributed by atoms with van der Waals surface area (Å²) in [5.41, 5.74) is 6.06. The number of amides is 1. The normalized spacial score (nSPS) is 20.3. The van der Waals surface area contributed by atoms with E-state index in [1.807, 2.05) is 4.90 Å². The highest BCUT2D eigenvalue weighted by molar-refractivity contribution is 9.10. The minimum absolute atomic E-state index is 0.131. The Bertz CT molecular complexity index is 469. The number of benzene rings is 1. The summed E-state index contributed by atoms with van der Waals surface area (Å²) in [4.78, 5) is 13.9. The quantitative estimate of drug-likeness (QED) is 0.891. The zero-order valence-corrected chi connectivity index (χ0v) is 12.1. The van der Waals surface area contributed by atoms with Gasteiger partial charge >= 0.3 is 0 Å². The Labute approximate surface area is 120 Å². The van der Waals surface area contributed by atoms with E-state index in [0.29, 0.717) is 4.47 Å². The summed E-state index contributed by atoms with van der Waals surface area (Å²) in [7, 11) is 0. The van der Waals surface area contributed by atoms with Gasteiger partial charge in [0.1, 0.15) is 5.82 Å². The van der Waals surface area contributed by atoms with Crippen LogP contribution < -0.4 is 11.1 Å². The van der Waals surface area contributed by atoms with E-state index < -0.39 is 5.82 Å². The fraction of sp³-hybridized carbons (Fsp3) is 0.462. The Morgan fingerprint density at radius 3 is 3.05 bits per heavy atom. The molecule has 3 N–H and O–H groups in total. The first-order valence-corrected chi connectivity index (χ1v) is 7.07. The molecule has 6 heteroatoms.